The molecule has 2 aromatic rings. The molecule has 1 N–H and O–H groups in total. The lowest BCUT2D eigenvalue weighted by molar-refractivity contribution is 0.996. The number of hydrogen-bond donors (Lipinski definition) is 1. The Morgan fingerprint density at radius 1 is 1.08 bits per heavy atom. The van der Waals surface area contributed by atoms with Gasteiger partial charge in [0, 0.05) is 18.3 Å². The zero-order valence-electron chi connectivity index (χ0n) is 16.2. The molecule has 0 amide bonds. The van der Waals surface area contributed by atoms with Crippen LogP contribution in [0.4, 0.5) is 0 Å². The fraction of sp³-hybridized carbons (Fsp3) is 0.250. The molecule has 0 radical (unpaired) electrons. The second-order valence-corrected chi connectivity index (χ2v) is 6.77. The van der Waals surface area contributed by atoms with Gasteiger partial charge in [0.15, 0.2) is 0 Å². The summed E-state index contributed by atoms with van der Waals surface area (Å²) in [6, 6.07) is 13.2. The van der Waals surface area contributed by atoms with E-state index in [4.69, 9.17) is 0 Å². The average Bonchev–Trinajstić information content (AvgIpc) is 2.57. The van der Waals surface area contributed by atoms with Crippen LogP contribution >= 0.6 is 0 Å². The molecule has 0 aliphatic carbocycles. The molecule has 0 aromatic heterocycles. The average molecular weight is 332 g/mol. The summed E-state index contributed by atoms with van der Waals surface area (Å²) < 4.78 is 0. The molecule has 0 aliphatic heterocycles. The predicted octanol–water partition coefficient (Wildman–Crippen LogP) is 6.23. The van der Waals surface area contributed by atoms with Gasteiger partial charge in [-0.2, -0.15) is 0 Å². The van der Waals surface area contributed by atoms with E-state index < -0.39 is 0 Å². The molecule has 0 atom stereocenters. The summed E-state index contributed by atoms with van der Waals surface area (Å²) in [4.78, 5) is 0. The van der Waals surface area contributed by atoms with E-state index in [0.29, 0.717) is 0 Å². The van der Waals surface area contributed by atoms with Crippen molar-refractivity contribution in [1.29, 1.82) is 0 Å². The third kappa shape index (κ3) is 4.11. The molecule has 0 unspecified atom stereocenters. The number of nitrogens with one attached hydrogen (secondary N) is 1. The minimum Gasteiger partial charge on any atom is -0.391 e. The van der Waals surface area contributed by atoms with Gasteiger partial charge in [0.2, 0.25) is 0 Å². The Labute approximate surface area is 152 Å². The van der Waals surface area contributed by atoms with Gasteiger partial charge in [-0.1, -0.05) is 61.2 Å². The van der Waals surface area contributed by atoms with Crippen molar-refractivity contribution in [3.05, 3.63) is 89.2 Å². The zero-order valence-corrected chi connectivity index (χ0v) is 16.2. The Kier molecular flexibility index (Phi) is 6.03. The first kappa shape index (κ1) is 18.8. The monoisotopic (exact) mass is 331 g/mol. The predicted molar refractivity (Wildman–Crippen MR) is 112 cm³/mol. The van der Waals surface area contributed by atoms with E-state index >= 15 is 0 Å². The minimum atomic E-state index is 0.917. The number of hydrogen-bond acceptors (Lipinski definition) is 1. The molecule has 0 fully saturated rings. The normalized spacial score (nSPS) is 11.7. The summed E-state index contributed by atoms with van der Waals surface area (Å²) in [6.45, 7) is 16.6. The molecule has 1 nitrogen and oxygen atoms in total. The van der Waals surface area contributed by atoms with Crippen molar-refractivity contribution in [3.63, 3.8) is 0 Å². The van der Waals surface area contributed by atoms with Crippen LogP contribution in [-0.4, -0.2) is 7.05 Å². The van der Waals surface area contributed by atoms with E-state index in [2.05, 4.69) is 82.6 Å². The quantitative estimate of drug-likeness (QED) is 0.489. The highest BCUT2D eigenvalue weighted by atomic mass is 14.8. The smallest absolute Gasteiger partial charge is 0.0152 e. The maximum atomic E-state index is 4.08. The summed E-state index contributed by atoms with van der Waals surface area (Å²) >= 11 is 0. The van der Waals surface area contributed by atoms with Crippen LogP contribution in [0.3, 0.4) is 0 Å². The van der Waals surface area contributed by atoms with Gasteiger partial charge >= 0.3 is 0 Å². The first-order valence-corrected chi connectivity index (χ1v) is 8.74. The van der Waals surface area contributed by atoms with Crippen LogP contribution in [0, 0.1) is 13.8 Å². The molecular weight excluding hydrogens is 302 g/mol. The third-order valence-corrected chi connectivity index (χ3v) is 4.68. The standard InChI is InChI=1S/C24H29N/c1-8-22(19(6)25-7)23-11-9-10-18(5)24(23)20-13-12-17(4)21(15-20)14-16(2)3/h8-13,15,25H,1-2,14H2,3-7H3/b22-19+. The molecule has 0 spiro atoms. The molecule has 0 bridgehead atoms. The lowest BCUT2D eigenvalue weighted by Gasteiger charge is -2.18. The van der Waals surface area contributed by atoms with E-state index in [1.54, 1.807) is 0 Å². The van der Waals surface area contributed by atoms with Crippen LogP contribution in [0.2, 0.25) is 0 Å². The van der Waals surface area contributed by atoms with E-state index in [9.17, 15) is 0 Å². The molecular formula is C24H29N. The number of allylic oxidation sites excluding steroid dienone is 4. The highest BCUT2D eigenvalue weighted by Crippen LogP contribution is 2.34. The molecule has 0 heterocycles. The van der Waals surface area contributed by atoms with Crippen molar-refractivity contribution in [2.24, 2.45) is 0 Å². The molecule has 0 saturated heterocycles. The van der Waals surface area contributed by atoms with Crippen molar-refractivity contribution in [2.45, 2.75) is 34.1 Å². The fourth-order valence-electron chi connectivity index (χ4n) is 3.22. The van der Waals surface area contributed by atoms with Gasteiger partial charge in [0.25, 0.3) is 0 Å². The SMILES string of the molecule is C=C/C(=C(/C)NC)c1cccc(C)c1-c1ccc(C)c(CC(=C)C)c1. The van der Waals surface area contributed by atoms with Gasteiger partial charge in [-0.15, -0.1) is 0 Å². The number of rotatable bonds is 6. The highest BCUT2D eigenvalue weighted by molar-refractivity contribution is 5.88. The first-order chi connectivity index (χ1) is 11.9. The van der Waals surface area contributed by atoms with Crippen molar-refractivity contribution in [3.8, 4) is 11.1 Å². The maximum absolute atomic E-state index is 4.08. The number of aryl methyl sites for hydroxylation is 2. The second kappa shape index (κ2) is 8.02. The third-order valence-electron chi connectivity index (χ3n) is 4.68. The Balaban J connectivity index is 2.72. The maximum Gasteiger partial charge on any atom is 0.0152 e. The van der Waals surface area contributed by atoms with Gasteiger partial charge in [-0.3, -0.25) is 0 Å². The van der Waals surface area contributed by atoms with Crippen LogP contribution in [0.25, 0.3) is 16.7 Å². The van der Waals surface area contributed by atoms with Crippen LogP contribution in [-0.2, 0) is 6.42 Å². The lowest BCUT2D eigenvalue weighted by Crippen LogP contribution is -2.05. The van der Waals surface area contributed by atoms with E-state index in [1.165, 1.54) is 39.0 Å². The fourth-order valence-corrected chi connectivity index (χ4v) is 3.22. The van der Waals surface area contributed by atoms with Gasteiger partial charge < -0.3 is 5.32 Å². The van der Waals surface area contributed by atoms with Crippen molar-refractivity contribution >= 4 is 5.57 Å². The second-order valence-electron chi connectivity index (χ2n) is 6.77. The Morgan fingerprint density at radius 3 is 2.40 bits per heavy atom. The Bertz CT molecular complexity index is 837. The summed E-state index contributed by atoms with van der Waals surface area (Å²) in [5.41, 5.74) is 11.1. The molecule has 1 heteroatoms. The van der Waals surface area contributed by atoms with Crippen LogP contribution < -0.4 is 5.32 Å². The van der Waals surface area contributed by atoms with Gasteiger partial charge in [-0.25, -0.2) is 0 Å². The summed E-state index contributed by atoms with van der Waals surface area (Å²) in [7, 11) is 1.95. The highest BCUT2D eigenvalue weighted by Gasteiger charge is 2.13. The number of benzene rings is 2. The first-order valence-electron chi connectivity index (χ1n) is 8.74. The molecule has 2 rings (SSSR count). The lowest BCUT2D eigenvalue weighted by atomic mass is 9.88. The Morgan fingerprint density at radius 2 is 1.80 bits per heavy atom. The Hall–Kier alpha value is -2.54. The van der Waals surface area contributed by atoms with Crippen LogP contribution in [0.1, 0.15) is 36.1 Å². The zero-order chi connectivity index (χ0) is 18.6. The summed E-state index contributed by atoms with van der Waals surface area (Å²) in [5, 5.41) is 3.26. The van der Waals surface area contributed by atoms with Gasteiger partial charge in [0.1, 0.15) is 0 Å². The molecule has 0 saturated carbocycles. The van der Waals surface area contributed by atoms with Gasteiger partial charge in [0.05, 0.1) is 0 Å². The van der Waals surface area contributed by atoms with E-state index in [-0.39, 0.29) is 0 Å². The molecule has 0 aliphatic rings. The van der Waals surface area contributed by atoms with Gasteiger partial charge in [-0.05, 0) is 67.5 Å². The largest absolute Gasteiger partial charge is 0.391 e. The minimum absolute atomic E-state index is 0.917. The topological polar surface area (TPSA) is 12.0 Å². The van der Waals surface area contributed by atoms with Crippen molar-refractivity contribution < 1.29 is 0 Å². The molecule has 130 valence electrons. The summed E-state index contributed by atoms with van der Waals surface area (Å²) in [5.74, 6) is 0. The van der Waals surface area contributed by atoms with Crippen LogP contribution in [0.5, 0.6) is 0 Å². The van der Waals surface area contributed by atoms with E-state index in [0.717, 1.165) is 17.7 Å². The molecule has 2 aromatic carbocycles. The summed E-state index contributed by atoms with van der Waals surface area (Å²) in [6.07, 6.45) is 2.85. The van der Waals surface area contributed by atoms with Crippen molar-refractivity contribution in [2.75, 3.05) is 7.05 Å². The van der Waals surface area contributed by atoms with Crippen LogP contribution in [0.15, 0.2) is 66.9 Å². The van der Waals surface area contributed by atoms with E-state index in [1.807, 2.05) is 13.1 Å². The molecule has 25 heavy (non-hydrogen) atoms. The van der Waals surface area contributed by atoms with Crippen molar-refractivity contribution in [1.82, 2.24) is 5.32 Å².